The lowest BCUT2D eigenvalue weighted by atomic mass is 9.82. The van der Waals surface area contributed by atoms with Gasteiger partial charge in [0.2, 0.25) is 0 Å². The summed E-state index contributed by atoms with van der Waals surface area (Å²) in [5, 5.41) is 8.77. The van der Waals surface area contributed by atoms with Crippen LogP contribution in [-0.2, 0) is 4.79 Å². The molecule has 0 radical (unpaired) electrons. The fraction of sp³-hybridized carbons (Fsp3) is 0.700. The first-order valence-corrected chi connectivity index (χ1v) is 4.52. The third-order valence-corrected chi connectivity index (χ3v) is 2.67. The average Bonchev–Trinajstić information content (AvgIpc) is 2.04. The molecule has 2 heteroatoms. The van der Waals surface area contributed by atoms with E-state index in [9.17, 15) is 4.79 Å². The maximum atomic E-state index is 10.6. The average molecular weight is 168 g/mol. The van der Waals surface area contributed by atoms with Gasteiger partial charge in [-0.05, 0) is 24.7 Å². The van der Waals surface area contributed by atoms with Gasteiger partial charge in [-0.2, -0.15) is 0 Å². The summed E-state index contributed by atoms with van der Waals surface area (Å²) in [6, 6.07) is 0. The normalized spacial score (nSPS) is 31.5. The van der Waals surface area contributed by atoms with Crippen molar-refractivity contribution in [2.24, 2.45) is 17.8 Å². The van der Waals surface area contributed by atoms with E-state index >= 15 is 0 Å². The molecule has 0 bridgehead atoms. The summed E-state index contributed by atoms with van der Waals surface area (Å²) >= 11 is 0. The largest absolute Gasteiger partial charge is 0.481 e. The minimum Gasteiger partial charge on any atom is -0.481 e. The molecule has 0 aromatic rings. The summed E-state index contributed by atoms with van der Waals surface area (Å²) in [5.74, 6) is -0.0334. The maximum Gasteiger partial charge on any atom is 0.306 e. The van der Waals surface area contributed by atoms with Crippen molar-refractivity contribution in [3.8, 4) is 0 Å². The molecule has 0 saturated carbocycles. The van der Waals surface area contributed by atoms with E-state index in [2.05, 4.69) is 19.1 Å². The van der Waals surface area contributed by atoms with E-state index < -0.39 is 5.97 Å². The lowest BCUT2D eigenvalue weighted by Crippen LogP contribution is -2.21. The lowest BCUT2D eigenvalue weighted by Gasteiger charge is -2.22. The predicted molar refractivity (Wildman–Crippen MR) is 47.8 cm³/mol. The van der Waals surface area contributed by atoms with Crippen LogP contribution >= 0.6 is 0 Å². The SMILES string of the molecule is CC(C(=O)O)[C@H]1C=C[C@H](C)CC1. The van der Waals surface area contributed by atoms with Crippen LogP contribution in [-0.4, -0.2) is 11.1 Å². The van der Waals surface area contributed by atoms with Crippen LogP contribution in [0.5, 0.6) is 0 Å². The highest BCUT2D eigenvalue weighted by molar-refractivity contribution is 5.70. The van der Waals surface area contributed by atoms with E-state index in [1.165, 1.54) is 0 Å². The summed E-state index contributed by atoms with van der Waals surface area (Å²) in [7, 11) is 0. The van der Waals surface area contributed by atoms with Crippen molar-refractivity contribution in [2.45, 2.75) is 26.7 Å². The van der Waals surface area contributed by atoms with Gasteiger partial charge < -0.3 is 5.11 Å². The summed E-state index contributed by atoms with van der Waals surface area (Å²) in [6.07, 6.45) is 6.34. The number of carbonyl (C=O) groups is 1. The van der Waals surface area contributed by atoms with E-state index in [1.54, 1.807) is 6.92 Å². The second-order valence-electron chi connectivity index (χ2n) is 3.73. The molecule has 0 heterocycles. The Morgan fingerprint density at radius 3 is 2.58 bits per heavy atom. The number of aliphatic carboxylic acids is 1. The second kappa shape index (κ2) is 3.74. The van der Waals surface area contributed by atoms with Crippen LogP contribution in [0.1, 0.15) is 26.7 Å². The van der Waals surface area contributed by atoms with E-state index in [0.717, 1.165) is 12.8 Å². The van der Waals surface area contributed by atoms with Crippen LogP contribution in [0.2, 0.25) is 0 Å². The first kappa shape index (κ1) is 9.30. The summed E-state index contributed by atoms with van der Waals surface area (Å²) in [5.41, 5.74) is 0. The molecule has 1 aliphatic rings. The first-order chi connectivity index (χ1) is 5.61. The van der Waals surface area contributed by atoms with Gasteiger partial charge in [-0.1, -0.05) is 26.0 Å². The van der Waals surface area contributed by atoms with Gasteiger partial charge in [-0.3, -0.25) is 4.79 Å². The van der Waals surface area contributed by atoms with Crippen molar-refractivity contribution in [3.05, 3.63) is 12.2 Å². The number of carboxylic acid groups (broad SMARTS) is 1. The number of allylic oxidation sites excluding steroid dienone is 2. The molecule has 68 valence electrons. The van der Waals surface area contributed by atoms with Crippen LogP contribution in [0, 0.1) is 17.8 Å². The van der Waals surface area contributed by atoms with E-state index in [1.807, 2.05) is 0 Å². The zero-order valence-corrected chi connectivity index (χ0v) is 7.66. The smallest absolute Gasteiger partial charge is 0.306 e. The fourth-order valence-electron chi connectivity index (χ4n) is 1.58. The highest BCUT2D eigenvalue weighted by Gasteiger charge is 2.23. The van der Waals surface area contributed by atoms with Gasteiger partial charge >= 0.3 is 5.97 Å². The molecule has 1 N–H and O–H groups in total. The number of hydrogen-bond acceptors (Lipinski definition) is 1. The number of rotatable bonds is 2. The quantitative estimate of drug-likeness (QED) is 0.642. The summed E-state index contributed by atoms with van der Waals surface area (Å²) in [6.45, 7) is 3.95. The molecule has 12 heavy (non-hydrogen) atoms. The van der Waals surface area contributed by atoms with Crippen LogP contribution in [0.4, 0.5) is 0 Å². The Balaban J connectivity index is 2.54. The van der Waals surface area contributed by atoms with Crippen molar-refractivity contribution in [1.82, 2.24) is 0 Å². The van der Waals surface area contributed by atoms with Crippen molar-refractivity contribution >= 4 is 5.97 Å². The minimum absolute atomic E-state index is 0.228. The van der Waals surface area contributed by atoms with Gasteiger partial charge in [0.1, 0.15) is 0 Å². The van der Waals surface area contributed by atoms with Crippen LogP contribution in [0.3, 0.4) is 0 Å². The molecule has 0 spiro atoms. The third kappa shape index (κ3) is 2.10. The predicted octanol–water partition coefficient (Wildman–Crippen LogP) is 2.31. The number of carboxylic acids is 1. The van der Waals surface area contributed by atoms with Gasteiger partial charge in [-0.15, -0.1) is 0 Å². The zero-order valence-electron chi connectivity index (χ0n) is 7.66. The van der Waals surface area contributed by atoms with Gasteiger partial charge in [0, 0.05) is 0 Å². The Morgan fingerprint density at radius 1 is 1.50 bits per heavy atom. The fourth-order valence-corrected chi connectivity index (χ4v) is 1.58. The minimum atomic E-state index is -0.681. The molecule has 2 nitrogen and oxygen atoms in total. The topological polar surface area (TPSA) is 37.3 Å². The monoisotopic (exact) mass is 168 g/mol. The van der Waals surface area contributed by atoms with E-state index in [-0.39, 0.29) is 11.8 Å². The molecule has 0 amide bonds. The highest BCUT2D eigenvalue weighted by Crippen LogP contribution is 2.27. The number of hydrogen-bond donors (Lipinski definition) is 1. The lowest BCUT2D eigenvalue weighted by molar-refractivity contribution is -0.142. The molecular formula is C10H16O2. The second-order valence-corrected chi connectivity index (χ2v) is 3.73. The molecule has 1 aliphatic carbocycles. The summed E-state index contributed by atoms with van der Waals surface area (Å²) < 4.78 is 0. The van der Waals surface area contributed by atoms with E-state index in [0.29, 0.717) is 5.92 Å². The van der Waals surface area contributed by atoms with E-state index in [4.69, 9.17) is 5.11 Å². The Labute approximate surface area is 73.3 Å². The molecule has 3 atom stereocenters. The van der Waals surface area contributed by atoms with Gasteiger partial charge in [-0.25, -0.2) is 0 Å². The summed E-state index contributed by atoms with van der Waals surface area (Å²) in [4.78, 5) is 10.6. The van der Waals surface area contributed by atoms with Crippen molar-refractivity contribution < 1.29 is 9.90 Å². The molecule has 0 aromatic carbocycles. The molecule has 0 saturated heterocycles. The van der Waals surface area contributed by atoms with Gasteiger partial charge in [0.25, 0.3) is 0 Å². The molecule has 0 aromatic heterocycles. The Bertz CT molecular complexity index is 196. The zero-order chi connectivity index (χ0) is 9.14. The molecule has 0 aliphatic heterocycles. The molecule has 1 rings (SSSR count). The maximum absolute atomic E-state index is 10.6. The molecule has 1 unspecified atom stereocenters. The third-order valence-electron chi connectivity index (χ3n) is 2.67. The van der Waals surface area contributed by atoms with Crippen LogP contribution in [0.25, 0.3) is 0 Å². The van der Waals surface area contributed by atoms with Crippen LogP contribution in [0.15, 0.2) is 12.2 Å². The Morgan fingerprint density at radius 2 is 2.17 bits per heavy atom. The molecular weight excluding hydrogens is 152 g/mol. The molecule has 0 fully saturated rings. The first-order valence-electron chi connectivity index (χ1n) is 4.52. The Kier molecular flexibility index (Phi) is 2.90. The highest BCUT2D eigenvalue weighted by atomic mass is 16.4. The van der Waals surface area contributed by atoms with Crippen molar-refractivity contribution in [2.75, 3.05) is 0 Å². The van der Waals surface area contributed by atoms with Crippen LogP contribution < -0.4 is 0 Å². The van der Waals surface area contributed by atoms with Gasteiger partial charge in [0.15, 0.2) is 0 Å². The van der Waals surface area contributed by atoms with Crippen molar-refractivity contribution in [3.63, 3.8) is 0 Å². The van der Waals surface area contributed by atoms with Crippen molar-refractivity contribution in [1.29, 1.82) is 0 Å². The van der Waals surface area contributed by atoms with Gasteiger partial charge in [0.05, 0.1) is 5.92 Å². The standard InChI is InChI=1S/C10H16O2/c1-7-3-5-9(6-4-7)8(2)10(11)12/h3,5,7-9H,4,6H2,1-2H3,(H,11,12)/t7-,8?,9-/m0/s1. The Hall–Kier alpha value is -0.790.